The second kappa shape index (κ2) is 9.56. The van der Waals surface area contributed by atoms with Gasteiger partial charge in [0.05, 0.1) is 19.8 Å². The fourth-order valence-corrected chi connectivity index (χ4v) is 7.31. The van der Waals surface area contributed by atoms with Crippen LogP contribution in [0.5, 0.6) is 5.75 Å². The van der Waals surface area contributed by atoms with Crippen molar-refractivity contribution in [3.63, 3.8) is 0 Å². The molecule has 4 bridgehead atoms. The first-order valence-electron chi connectivity index (χ1n) is 13.0. The maximum atomic E-state index is 13.4. The van der Waals surface area contributed by atoms with E-state index in [4.69, 9.17) is 21.1 Å². The van der Waals surface area contributed by atoms with Gasteiger partial charge in [-0.3, -0.25) is 14.5 Å². The topological polar surface area (TPSA) is 79.9 Å². The van der Waals surface area contributed by atoms with Crippen LogP contribution in [0.3, 0.4) is 0 Å². The molecule has 35 heavy (non-hydrogen) atoms. The Kier molecular flexibility index (Phi) is 6.79. The lowest BCUT2D eigenvalue weighted by atomic mass is 9.51. The van der Waals surface area contributed by atoms with Crippen molar-refractivity contribution in [2.24, 2.45) is 17.8 Å². The lowest BCUT2D eigenvalue weighted by molar-refractivity contribution is -0.141. The highest BCUT2D eigenvalue weighted by molar-refractivity contribution is 6.30. The maximum absolute atomic E-state index is 13.4. The minimum absolute atomic E-state index is 0.0882. The number of hydrogen-bond donors (Lipinski definition) is 2. The summed E-state index contributed by atoms with van der Waals surface area (Å²) in [5, 5.41) is 7.46. The van der Waals surface area contributed by atoms with Crippen molar-refractivity contribution in [2.45, 2.75) is 70.1 Å². The van der Waals surface area contributed by atoms with E-state index in [1.807, 2.05) is 32.9 Å². The number of morpholine rings is 1. The number of nitrogens with zero attached hydrogens (tertiary/aromatic N) is 1. The largest absolute Gasteiger partial charge is 0.478 e. The third kappa shape index (κ3) is 5.32. The molecule has 5 atom stereocenters. The number of rotatable bonds is 7. The first-order valence-corrected chi connectivity index (χ1v) is 13.4. The van der Waals surface area contributed by atoms with Gasteiger partial charge in [0.1, 0.15) is 5.75 Å². The second-order valence-corrected chi connectivity index (χ2v) is 12.1. The molecule has 5 fully saturated rings. The molecule has 1 heterocycles. The number of amides is 2. The van der Waals surface area contributed by atoms with Crippen molar-refractivity contribution < 1.29 is 19.1 Å². The van der Waals surface area contributed by atoms with Gasteiger partial charge in [0.15, 0.2) is 5.60 Å². The molecule has 0 spiro atoms. The number of ether oxygens (including phenoxy) is 2. The summed E-state index contributed by atoms with van der Waals surface area (Å²) in [5.74, 6) is 2.12. The second-order valence-electron chi connectivity index (χ2n) is 11.7. The summed E-state index contributed by atoms with van der Waals surface area (Å²) in [6, 6.07) is 5.58. The standard InChI is InChI=1S/C27H38ClN3O4/c1-17-10-21(28)4-5-22(17)35-26(2,3)25(33)29-24-19-11-18-12-20(24)15-27(13-18,14-19)30-23(32)16-31-6-8-34-9-7-31/h4-5,10,18-20,24H,6-9,11-16H2,1-3H3,(H,29,33)(H,30,32)/t18?,19-,20+,24?,27?. The highest BCUT2D eigenvalue weighted by Gasteiger charge is 2.56. The van der Waals surface area contributed by atoms with Crippen LogP contribution in [-0.4, -0.2) is 66.7 Å². The van der Waals surface area contributed by atoms with Crippen LogP contribution in [0.4, 0.5) is 0 Å². The maximum Gasteiger partial charge on any atom is 0.263 e. The van der Waals surface area contributed by atoms with Gasteiger partial charge in [0.25, 0.3) is 5.91 Å². The van der Waals surface area contributed by atoms with Crippen LogP contribution in [0.2, 0.25) is 5.02 Å². The molecule has 2 N–H and O–H groups in total. The van der Waals surface area contributed by atoms with E-state index in [0.29, 0.717) is 48.3 Å². The fourth-order valence-electron chi connectivity index (χ4n) is 7.08. The van der Waals surface area contributed by atoms with Gasteiger partial charge in [-0.25, -0.2) is 0 Å². The molecule has 1 saturated heterocycles. The summed E-state index contributed by atoms with van der Waals surface area (Å²) in [4.78, 5) is 28.5. The molecule has 1 aliphatic heterocycles. The van der Waals surface area contributed by atoms with Crippen molar-refractivity contribution in [2.75, 3.05) is 32.8 Å². The van der Waals surface area contributed by atoms with Gasteiger partial charge in [0, 0.05) is 29.7 Å². The monoisotopic (exact) mass is 503 g/mol. The van der Waals surface area contributed by atoms with Gasteiger partial charge in [0.2, 0.25) is 5.91 Å². The summed E-state index contributed by atoms with van der Waals surface area (Å²) in [6.45, 7) is 9.04. The van der Waals surface area contributed by atoms with E-state index in [2.05, 4.69) is 15.5 Å². The summed E-state index contributed by atoms with van der Waals surface area (Å²) in [6.07, 6.45) is 5.20. The molecule has 8 heteroatoms. The predicted octanol–water partition coefficient (Wildman–Crippen LogP) is 3.32. The Morgan fingerprint density at radius 2 is 1.86 bits per heavy atom. The van der Waals surface area contributed by atoms with Crippen LogP contribution in [0.15, 0.2) is 18.2 Å². The minimum atomic E-state index is -1.00. The third-order valence-corrected chi connectivity index (χ3v) is 8.73. The van der Waals surface area contributed by atoms with Crippen LogP contribution in [-0.2, 0) is 14.3 Å². The van der Waals surface area contributed by atoms with E-state index in [1.54, 1.807) is 6.07 Å². The molecule has 192 valence electrons. The first kappa shape index (κ1) is 24.8. The Balaban J connectivity index is 1.21. The molecule has 0 aromatic heterocycles. The van der Waals surface area contributed by atoms with Crippen molar-refractivity contribution in [3.8, 4) is 5.75 Å². The fraction of sp³-hybridized carbons (Fsp3) is 0.704. The van der Waals surface area contributed by atoms with Crippen molar-refractivity contribution in [1.82, 2.24) is 15.5 Å². The predicted molar refractivity (Wildman–Crippen MR) is 135 cm³/mol. The van der Waals surface area contributed by atoms with E-state index in [9.17, 15) is 9.59 Å². The lowest BCUT2D eigenvalue weighted by Gasteiger charge is -2.60. The number of hydrogen-bond acceptors (Lipinski definition) is 5. The summed E-state index contributed by atoms with van der Waals surface area (Å²) in [5.41, 5.74) is -0.215. The third-order valence-electron chi connectivity index (χ3n) is 8.50. The average molecular weight is 504 g/mol. The number of carbonyl (C=O) groups excluding carboxylic acids is 2. The Hall–Kier alpha value is -1.83. The molecule has 5 aliphatic rings. The molecule has 1 aromatic carbocycles. The highest BCUT2D eigenvalue weighted by atomic mass is 35.5. The van der Waals surface area contributed by atoms with Crippen LogP contribution >= 0.6 is 11.6 Å². The molecule has 6 rings (SSSR count). The number of nitrogens with one attached hydrogen (secondary N) is 2. The minimum Gasteiger partial charge on any atom is -0.478 e. The molecule has 4 saturated carbocycles. The average Bonchev–Trinajstić information content (AvgIpc) is 2.77. The van der Waals surface area contributed by atoms with E-state index in [0.717, 1.165) is 50.8 Å². The number of aryl methyl sites for hydroxylation is 1. The Labute approximate surface area is 213 Å². The summed E-state index contributed by atoms with van der Waals surface area (Å²) in [7, 11) is 0. The number of halogens is 1. The van der Waals surface area contributed by atoms with Crippen LogP contribution in [0.1, 0.15) is 51.5 Å². The first-order chi connectivity index (χ1) is 16.6. The van der Waals surface area contributed by atoms with E-state index >= 15 is 0 Å². The molecular weight excluding hydrogens is 466 g/mol. The zero-order chi connectivity index (χ0) is 24.8. The summed E-state index contributed by atoms with van der Waals surface area (Å²) < 4.78 is 11.6. The van der Waals surface area contributed by atoms with Crippen LogP contribution < -0.4 is 15.4 Å². The Bertz CT molecular complexity index is 961. The molecule has 4 aliphatic carbocycles. The highest BCUT2D eigenvalue weighted by Crippen LogP contribution is 2.55. The molecule has 1 aromatic rings. The lowest BCUT2D eigenvalue weighted by Crippen LogP contribution is -2.68. The van der Waals surface area contributed by atoms with Gasteiger partial charge in [-0.1, -0.05) is 11.6 Å². The van der Waals surface area contributed by atoms with Gasteiger partial charge in [-0.2, -0.15) is 0 Å². The SMILES string of the molecule is Cc1cc(Cl)ccc1OC(C)(C)C(=O)NC1[C@@H]2CC3C[C@H]1CC(NC(=O)CN1CCOCC1)(C3)C2. The normalized spacial score (nSPS) is 32.3. The molecular formula is C27H38ClN3O4. The van der Waals surface area contributed by atoms with Crippen molar-refractivity contribution in [1.29, 1.82) is 0 Å². The van der Waals surface area contributed by atoms with Gasteiger partial charge >= 0.3 is 0 Å². The van der Waals surface area contributed by atoms with Gasteiger partial charge in [-0.15, -0.1) is 0 Å². The quantitative estimate of drug-likeness (QED) is 0.596. The van der Waals surface area contributed by atoms with E-state index in [1.165, 1.54) is 0 Å². The van der Waals surface area contributed by atoms with E-state index in [-0.39, 0.29) is 23.4 Å². The van der Waals surface area contributed by atoms with Crippen molar-refractivity contribution >= 4 is 23.4 Å². The van der Waals surface area contributed by atoms with Gasteiger partial charge in [-0.05, 0) is 94.4 Å². The molecule has 3 unspecified atom stereocenters. The van der Waals surface area contributed by atoms with Crippen molar-refractivity contribution in [3.05, 3.63) is 28.8 Å². The van der Waals surface area contributed by atoms with Crippen LogP contribution in [0.25, 0.3) is 0 Å². The Morgan fingerprint density at radius 3 is 2.51 bits per heavy atom. The zero-order valence-electron chi connectivity index (χ0n) is 21.1. The number of carbonyl (C=O) groups is 2. The zero-order valence-corrected chi connectivity index (χ0v) is 21.8. The Morgan fingerprint density at radius 1 is 1.17 bits per heavy atom. The van der Waals surface area contributed by atoms with Gasteiger partial charge < -0.3 is 20.1 Å². The smallest absolute Gasteiger partial charge is 0.263 e. The molecule has 7 nitrogen and oxygen atoms in total. The number of benzene rings is 1. The molecule has 2 amide bonds. The molecule has 0 radical (unpaired) electrons. The summed E-state index contributed by atoms with van der Waals surface area (Å²) >= 11 is 6.07. The van der Waals surface area contributed by atoms with Crippen LogP contribution in [0, 0.1) is 24.7 Å². The van der Waals surface area contributed by atoms with E-state index < -0.39 is 5.60 Å².